The zero-order chi connectivity index (χ0) is 12.0. The minimum absolute atomic E-state index is 0.124. The molecule has 0 aromatic rings. The molecule has 0 heterocycles. The Kier molecular flexibility index (Phi) is 5.22. The molecule has 0 aliphatic heterocycles. The molecule has 4 N–H and O–H groups in total. The molecule has 0 spiro atoms. The standard InChI is InChI=1S/C12H24N2O2/c1-2-3-4-5-8-16-10-6-7-12(14,9-10)11(13)15/h10H,2-9,14H2,1H3,(H2,13,15). The Bertz CT molecular complexity index is 233. The first-order chi connectivity index (χ1) is 7.58. The van der Waals surface area contributed by atoms with Crippen LogP contribution in [0.1, 0.15) is 51.9 Å². The fourth-order valence-corrected chi connectivity index (χ4v) is 2.17. The Morgan fingerprint density at radius 2 is 2.19 bits per heavy atom. The molecule has 4 heteroatoms. The van der Waals surface area contributed by atoms with Crippen LogP contribution in [0.15, 0.2) is 0 Å². The highest BCUT2D eigenvalue weighted by Gasteiger charge is 2.40. The third-order valence-corrected chi connectivity index (χ3v) is 3.35. The van der Waals surface area contributed by atoms with Crippen molar-refractivity contribution in [2.45, 2.75) is 63.5 Å². The van der Waals surface area contributed by atoms with Crippen LogP contribution in [0, 0.1) is 0 Å². The second-order valence-corrected chi connectivity index (χ2v) is 4.82. The maximum absolute atomic E-state index is 11.1. The van der Waals surface area contributed by atoms with Gasteiger partial charge < -0.3 is 16.2 Å². The molecule has 1 fully saturated rings. The van der Waals surface area contributed by atoms with E-state index in [1.165, 1.54) is 19.3 Å². The van der Waals surface area contributed by atoms with Crippen LogP contribution in [0.5, 0.6) is 0 Å². The highest BCUT2D eigenvalue weighted by Crippen LogP contribution is 2.29. The minimum Gasteiger partial charge on any atom is -0.378 e. The van der Waals surface area contributed by atoms with Crippen molar-refractivity contribution in [3.05, 3.63) is 0 Å². The van der Waals surface area contributed by atoms with Crippen molar-refractivity contribution in [3.8, 4) is 0 Å². The van der Waals surface area contributed by atoms with Crippen molar-refractivity contribution in [1.29, 1.82) is 0 Å². The smallest absolute Gasteiger partial charge is 0.237 e. The molecule has 0 radical (unpaired) electrons. The second kappa shape index (κ2) is 6.21. The molecule has 4 nitrogen and oxygen atoms in total. The van der Waals surface area contributed by atoms with Gasteiger partial charge in [-0.1, -0.05) is 26.2 Å². The van der Waals surface area contributed by atoms with Crippen LogP contribution in [-0.2, 0) is 9.53 Å². The Labute approximate surface area is 97.7 Å². The maximum Gasteiger partial charge on any atom is 0.237 e. The van der Waals surface area contributed by atoms with Crippen LogP contribution in [0.2, 0.25) is 0 Å². The van der Waals surface area contributed by atoms with Crippen LogP contribution in [0.4, 0.5) is 0 Å². The number of amides is 1. The summed E-state index contributed by atoms with van der Waals surface area (Å²) in [5, 5.41) is 0. The molecule has 1 aliphatic carbocycles. The predicted octanol–water partition coefficient (Wildman–Crippen LogP) is 1.32. The lowest BCUT2D eigenvalue weighted by Gasteiger charge is -2.19. The maximum atomic E-state index is 11.1. The normalized spacial score (nSPS) is 29.5. The lowest BCUT2D eigenvalue weighted by atomic mass is 9.99. The number of nitrogens with two attached hydrogens (primary N) is 2. The molecule has 0 aromatic carbocycles. The molecule has 16 heavy (non-hydrogen) atoms. The molecule has 1 saturated carbocycles. The number of hydrogen-bond donors (Lipinski definition) is 2. The van der Waals surface area contributed by atoms with E-state index < -0.39 is 11.4 Å². The summed E-state index contributed by atoms with van der Waals surface area (Å²) < 4.78 is 5.71. The summed E-state index contributed by atoms with van der Waals surface area (Å²) in [5.74, 6) is -0.399. The summed E-state index contributed by atoms with van der Waals surface area (Å²) in [5.41, 5.74) is 10.3. The SMILES string of the molecule is CCCCCCOC1CCC(N)(C(N)=O)C1. The number of unbranched alkanes of at least 4 members (excludes halogenated alkanes) is 3. The Morgan fingerprint density at radius 3 is 2.75 bits per heavy atom. The van der Waals surface area contributed by atoms with Crippen molar-refractivity contribution in [2.24, 2.45) is 11.5 Å². The number of rotatable bonds is 7. The van der Waals surface area contributed by atoms with E-state index >= 15 is 0 Å². The molecule has 1 aliphatic rings. The van der Waals surface area contributed by atoms with E-state index in [1.807, 2.05) is 0 Å². The molecular weight excluding hydrogens is 204 g/mol. The van der Waals surface area contributed by atoms with Crippen LogP contribution in [0.25, 0.3) is 0 Å². The van der Waals surface area contributed by atoms with Gasteiger partial charge in [0.1, 0.15) is 0 Å². The van der Waals surface area contributed by atoms with Gasteiger partial charge in [-0.25, -0.2) is 0 Å². The van der Waals surface area contributed by atoms with E-state index in [-0.39, 0.29) is 6.10 Å². The monoisotopic (exact) mass is 228 g/mol. The first-order valence-electron chi connectivity index (χ1n) is 6.29. The van der Waals surface area contributed by atoms with Crippen molar-refractivity contribution >= 4 is 5.91 Å². The van der Waals surface area contributed by atoms with E-state index in [0.717, 1.165) is 19.4 Å². The molecule has 1 rings (SSSR count). The number of carbonyl (C=O) groups is 1. The number of carbonyl (C=O) groups excluding carboxylic acids is 1. The average molecular weight is 228 g/mol. The third-order valence-electron chi connectivity index (χ3n) is 3.35. The van der Waals surface area contributed by atoms with Crippen LogP contribution in [0.3, 0.4) is 0 Å². The van der Waals surface area contributed by atoms with Gasteiger partial charge in [0, 0.05) is 13.0 Å². The summed E-state index contributed by atoms with van der Waals surface area (Å²) >= 11 is 0. The first kappa shape index (κ1) is 13.5. The lowest BCUT2D eigenvalue weighted by Crippen LogP contribution is -2.50. The summed E-state index contributed by atoms with van der Waals surface area (Å²) in [6, 6.07) is 0. The van der Waals surface area contributed by atoms with Crippen LogP contribution in [-0.4, -0.2) is 24.2 Å². The van der Waals surface area contributed by atoms with E-state index in [4.69, 9.17) is 16.2 Å². The van der Waals surface area contributed by atoms with Crippen LogP contribution >= 0.6 is 0 Å². The Morgan fingerprint density at radius 1 is 1.44 bits per heavy atom. The number of primary amides is 1. The molecule has 94 valence electrons. The van der Waals surface area contributed by atoms with Gasteiger partial charge in [0.25, 0.3) is 0 Å². The number of ether oxygens (including phenoxy) is 1. The summed E-state index contributed by atoms with van der Waals surface area (Å²) in [7, 11) is 0. The largest absolute Gasteiger partial charge is 0.378 e. The fourth-order valence-electron chi connectivity index (χ4n) is 2.17. The highest BCUT2D eigenvalue weighted by atomic mass is 16.5. The summed E-state index contributed by atoms with van der Waals surface area (Å²) in [4.78, 5) is 11.1. The number of hydrogen-bond acceptors (Lipinski definition) is 3. The zero-order valence-electron chi connectivity index (χ0n) is 10.2. The van der Waals surface area contributed by atoms with Crippen molar-refractivity contribution in [3.63, 3.8) is 0 Å². The summed E-state index contributed by atoms with van der Waals surface area (Å²) in [6.45, 7) is 2.97. The predicted molar refractivity (Wildman–Crippen MR) is 63.8 cm³/mol. The zero-order valence-corrected chi connectivity index (χ0v) is 10.2. The second-order valence-electron chi connectivity index (χ2n) is 4.82. The van der Waals surface area contributed by atoms with E-state index in [1.54, 1.807) is 0 Å². The Balaban J connectivity index is 2.14. The van der Waals surface area contributed by atoms with E-state index in [2.05, 4.69) is 6.92 Å². The van der Waals surface area contributed by atoms with Gasteiger partial charge in [-0.2, -0.15) is 0 Å². The van der Waals surface area contributed by atoms with Gasteiger partial charge in [0.15, 0.2) is 0 Å². The van der Waals surface area contributed by atoms with Gasteiger partial charge in [-0.15, -0.1) is 0 Å². The minimum atomic E-state index is -0.825. The fraction of sp³-hybridized carbons (Fsp3) is 0.917. The van der Waals surface area contributed by atoms with Crippen molar-refractivity contribution in [1.82, 2.24) is 0 Å². The third kappa shape index (κ3) is 3.76. The molecule has 1 amide bonds. The highest BCUT2D eigenvalue weighted by molar-refractivity contribution is 5.84. The molecule has 0 saturated heterocycles. The molecule has 0 aromatic heterocycles. The van der Waals surface area contributed by atoms with Gasteiger partial charge in [-0.05, 0) is 19.3 Å². The van der Waals surface area contributed by atoms with Crippen molar-refractivity contribution in [2.75, 3.05) is 6.61 Å². The first-order valence-corrected chi connectivity index (χ1v) is 6.29. The van der Waals surface area contributed by atoms with Gasteiger partial charge in [0.2, 0.25) is 5.91 Å². The van der Waals surface area contributed by atoms with E-state index in [9.17, 15) is 4.79 Å². The Hall–Kier alpha value is -0.610. The average Bonchev–Trinajstić information content (AvgIpc) is 2.62. The van der Waals surface area contributed by atoms with Gasteiger partial charge in [0.05, 0.1) is 11.6 Å². The van der Waals surface area contributed by atoms with Crippen LogP contribution < -0.4 is 11.5 Å². The van der Waals surface area contributed by atoms with Crippen molar-refractivity contribution < 1.29 is 9.53 Å². The quantitative estimate of drug-likeness (QED) is 0.645. The topological polar surface area (TPSA) is 78.3 Å². The molecule has 2 atom stereocenters. The van der Waals surface area contributed by atoms with Gasteiger partial charge >= 0.3 is 0 Å². The van der Waals surface area contributed by atoms with Gasteiger partial charge in [-0.3, -0.25) is 4.79 Å². The summed E-state index contributed by atoms with van der Waals surface area (Å²) in [6.07, 6.45) is 7.02. The lowest BCUT2D eigenvalue weighted by molar-refractivity contribution is -0.123. The molecule has 2 unspecified atom stereocenters. The van der Waals surface area contributed by atoms with E-state index in [0.29, 0.717) is 12.8 Å². The molecule has 0 bridgehead atoms. The molecular formula is C12H24N2O2.